The molecule has 0 unspecified atom stereocenters. The normalized spacial score (nSPS) is 16.0. The van der Waals surface area contributed by atoms with Crippen LogP contribution in [0.3, 0.4) is 0 Å². The first-order valence-electron chi connectivity index (χ1n) is 14.4. The second kappa shape index (κ2) is 15.9. The van der Waals surface area contributed by atoms with Gasteiger partial charge in [-0.3, -0.25) is 38.9 Å². The minimum Gasteiger partial charge on any atom is -0.481 e. The maximum Gasteiger partial charge on any atom is 0.303 e. The smallest absolute Gasteiger partial charge is 0.303 e. The molecule has 1 heterocycles. The second-order valence-corrected chi connectivity index (χ2v) is 10.6. The van der Waals surface area contributed by atoms with E-state index in [-0.39, 0.29) is 25.1 Å². The number of nitro groups is 1. The van der Waals surface area contributed by atoms with Gasteiger partial charge in [-0.05, 0) is 44.4 Å². The van der Waals surface area contributed by atoms with Gasteiger partial charge in [0.2, 0.25) is 29.5 Å². The maximum atomic E-state index is 13.5. The molecule has 0 radical (unpaired) electrons. The summed E-state index contributed by atoms with van der Waals surface area (Å²) in [6.07, 6.45) is 0.283. The minimum absolute atomic E-state index is 0.134. The summed E-state index contributed by atoms with van der Waals surface area (Å²) in [6, 6.07) is 10.2. The summed E-state index contributed by atoms with van der Waals surface area (Å²) in [7, 11) is 0. The van der Waals surface area contributed by atoms with Gasteiger partial charge >= 0.3 is 5.97 Å². The molecule has 5 amide bonds. The number of amides is 5. The highest BCUT2D eigenvalue weighted by atomic mass is 16.6. The number of nitrogens with zero attached hydrogens (tertiary/aromatic N) is 2. The summed E-state index contributed by atoms with van der Waals surface area (Å²) in [4.78, 5) is 86.9. The molecule has 0 aliphatic carbocycles. The van der Waals surface area contributed by atoms with E-state index in [0.29, 0.717) is 18.5 Å². The zero-order chi connectivity index (χ0) is 33.1. The molecular weight excluding hydrogens is 588 g/mol. The molecule has 240 valence electrons. The third kappa shape index (κ3) is 10.1. The molecule has 15 nitrogen and oxygen atoms in total. The van der Waals surface area contributed by atoms with Gasteiger partial charge in [-0.25, -0.2) is 0 Å². The molecule has 1 aliphatic rings. The maximum absolute atomic E-state index is 13.5. The number of aliphatic carboxylic acids is 1. The highest BCUT2D eigenvalue weighted by Crippen LogP contribution is 2.20. The summed E-state index contributed by atoms with van der Waals surface area (Å²) < 4.78 is 0. The average molecular weight is 625 g/mol. The molecule has 4 atom stereocenters. The first kappa shape index (κ1) is 34.2. The van der Waals surface area contributed by atoms with Crippen LogP contribution in [0.2, 0.25) is 0 Å². The largest absolute Gasteiger partial charge is 0.481 e. The molecule has 15 heteroatoms. The van der Waals surface area contributed by atoms with Crippen LogP contribution in [0, 0.1) is 10.1 Å². The molecule has 0 aromatic heterocycles. The number of hydrogen-bond donors (Lipinski definition) is 5. The van der Waals surface area contributed by atoms with Crippen LogP contribution in [-0.2, 0) is 35.2 Å². The summed E-state index contributed by atoms with van der Waals surface area (Å²) in [5.41, 5.74) is 0.919. The van der Waals surface area contributed by atoms with Crippen LogP contribution in [0.25, 0.3) is 0 Å². The highest BCUT2D eigenvalue weighted by Gasteiger charge is 2.38. The fraction of sp³-hybridized carbons (Fsp3) is 0.400. The lowest BCUT2D eigenvalue weighted by atomic mass is 10.0. The van der Waals surface area contributed by atoms with Crippen LogP contribution in [0.4, 0.5) is 11.4 Å². The minimum atomic E-state index is -1.15. The van der Waals surface area contributed by atoms with E-state index in [1.54, 1.807) is 24.3 Å². The summed E-state index contributed by atoms with van der Waals surface area (Å²) >= 11 is 0. The lowest BCUT2D eigenvalue weighted by Crippen LogP contribution is -2.56. The first-order chi connectivity index (χ1) is 21.3. The Morgan fingerprint density at radius 1 is 0.911 bits per heavy atom. The zero-order valence-electron chi connectivity index (χ0n) is 24.9. The van der Waals surface area contributed by atoms with Crippen LogP contribution in [0.5, 0.6) is 0 Å². The Labute approximate surface area is 258 Å². The van der Waals surface area contributed by atoms with E-state index in [1.165, 1.54) is 43.0 Å². The van der Waals surface area contributed by atoms with E-state index in [0.717, 1.165) is 5.56 Å². The topological polar surface area (TPSA) is 217 Å². The Hall–Kier alpha value is -5.34. The number of carboxylic acids is 1. The lowest BCUT2D eigenvalue weighted by molar-refractivity contribution is -0.384. The number of benzene rings is 2. The predicted molar refractivity (Wildman–Crippen MR) is 161 cm³/mol. The monoisotopic (exact) mass is 624 g/mol. The number of carbonyl (C=O) groups excluding carboxylic acids is 5. The first-order valence-corrected chi connectivity index (χ1v) is 14.4. The van der Waals surface area contributed by atoms with Gasteiger partial charge in [0.05, 0.1) is 11.3 Å². The molecule has 1 saturated heterocycles. The van der Waals surface area contributed by atoms with Crippen molar-refractivity contribution in [1.82, 2.24) is 20.9 Å². The molecule has 2 aromatic carbocycles. The van der Waals surface area contributed by atoms with Gasteiger partial charge in [0.25, 0.3) is 5.69 Å². The molecule has 2 aromatic rings. The Balaban J connectivity index is 1.65. The molecule has 3 rings (SSSR count). The number of hydrogen-bond acceptors (Lipinski definition) is 8. The van der Waals surface area contributed by atoms with Gasteiger partial charge in [-0.1, -0.05) is 30.3 Å². The molecule has 1 aliphatic heterocycles. The van der Waals surface area contributed by atoms with E-state index < -0.39 is 71.0 Å². The third-order valence-corrected chi connectivity index (χ3v) is 7.17. The number of carbonyl (C=O) groups is 6. The molecule has 0 bridgehead atoms. The van der Waals surface area contributed by atoms with Crippen LogP contribution in [0.1, 0.15) is 45.1 Å². The van der Waals surface area contributed by atoms with E-state index in [4.69, 9.17) is 5.11 Å². The second-order valence-electron chi connectivity index (χ2n) is 10.6. The number of rotatable bonds is 14. The zero-order valence-corrected chi connectivity index (χ0v) is 24.9. The predicted octanol–water partition coefficient (Wildman–Crippen LogP) is 1.13. The molecule has 1 fully saturated rings. The van der Waals surface area contributed by atoms with Crippen LogP contribution >= 0.6 is 0 Å². The van der Waals surface area contributed by atoms with Gasteiger partial charge < -0.3 is 31.3 Å². The summed E-state index contributed by atoms with van der Waals surface area (Å²) in [5, 5.41) is 30.0. The number of non-ortho nitro benzene ring substituents is 1. The van der Waals surface area contributed by atoms with Gasteiger partial charge in [0.1, 0.15) is 24.2 Å². The van der Waals surface area contributed by atoms with Gasteiger partial charge in [0.15, 0.2) is 0 Å². The van der Waals surface area contributed by atoms with Crippen LogP contribution in [0.15, 0.2) is 54.6 Å². The number of anilines is 1. The van der Waals surface area contributed by atoms with Crippen LogP contribution < -0.4 is 21.3 Å². The number of nitrogens with one attached hydrogen (secondary N) is 4. The fourth-order valence-corrected chi connectivity index (χ4v) is 4.77. The van der Waals surface area contributed by atoms with Crippen molar-refractivity contribution < 1.29 is 38.8 Å². The molecule has 0 spiro atoms. The van der Waals surface area contributed by atoms with Crippen molar-refractivity contribution >= 4 is 46.9 Å². The third-order valence-electron chi connectivity index (χ3n) is 7.17. The van der Waals surface area contributed by atoms with Crippen LogP contribution in [-0.4, -0.2) is 81.1 Å². The van der Waals surface area contributed by atoms with E-state index in [2.05, 4.69) is 21.3 Å². The summed E-state index contributed by atoms with van der Waals surface area (Å²) in [6.45, 7) is 3.09. The van der Waals surface area contributed by atoms with Crippen molar-refractivity contribution in [3.8, 4) is 0 Å². The highest BCUT2D eigenvalue weighted by molar-refractivity contribution is 5.99. The van der Waals surface area contributed by atoms with E-state index >= 15 is 0 Å². The molecular formula is C30H36N6O9. The van der Waals surface area contributed by atoms with Crippen molar-refractivity contribution in [3.05, 3.63) is 70.3 Å². The van der Waals surface area contributed by atoms with Gasteiger partial charge in [-0.2, -0.15) is 0 Å². The quantitative estimate of drug-likeness (QED) is 0.150. The van der Waals surface area contributed by atoms with Crippen molar-refractivity contribution in [2.75, 3.05) is 11.9 Å². The Bertz CT molecular complexity index is 1420. The van der Waals surface area contributed by atoms with Gasteiger partial charge in [-0.15, -0.1) is 0 Å². The Morgan fingerprint density at radius 2 is 1.58 bits per heavy atom. The van der Waals surface area contributed by atoms with E-state index in [1.807, 2.05) is 6.07 Å². The van der Waals surface area contributed by atoms with Crippen molar-refractivity contribution in [2.45, 2.75) is 70.1 Å². The standard InChI is InChI=1S/C30H36N6O9/c1-18(31-25(37)14-15-26(38)39)27(40)32-19(2)30(43)35-16-6-9-24(35)29(42)34-23(17-20-7-4-3-5-8-20)28(41)33-21-10-12-22(13-11-21)36(44)45/h3-5,7-8,10-13,18-19,23-24H,6,9,14-17H2,1-2H3,(H,31,37)(H,32,40)(H,33,41)(H,34,42)(H,38,39)/t18-,19+,23-,24-/m0/s1. The van der Waals surface area contributed by atoms with Crippen molar-refractivity contribution in [2.24, 2.45) is 0 Å². The molecule has 45 heavy (non-hydrogen) atoms. The van der Waals surface area contributed by atoms with Crippen molar-refractivity contribution in [1.29, 1.82) is 0 Å². The fourth-order valence-electron chi connectivity index (χ4n) is 4.77. The molecule has 0 saturated carbocycles. The Kier molecular flexibility index (Phi) is 12.1. The van der Waals surface area contributed by atoms with E-state index in [9.17, 15) is 38.9 Å². The van der Waals surface area contributed by atoms with Crippen molar-refractivity contribution in [3.63, 3.8) is 0 Å². The summed E-state index contributed by atoms with van der Waals surface area (Å²) in [5.74, 6) is -4.08. The Morgan fingerprint density at radius 3 is 2.20 bits per heavy atom. The number of likely N-dealkylation sites (tertiary alicyclic amines) is 1. The SMILES string of the molecule is C[C@H](NC(=O)CCC(=O)O)C(=O)N[C@H](C)C(=O)N1CCC[C@H]1C(=O)N[C@@H](Cc1ccccc1)C(=O)Nc1ccc([N+](=O)[O-])cc1. The average Bonchev–Trinajstić information content (AvgIpc) is 3.50. The number of nitro benzene ring substituents is 1. The lowest BCUT2D eigenvalue weighted by Gasteiger charge is -2.29. The van der Waals surface area contributed by atoms with Gasteiger partial charge in [0, 0.05) is 37.2 Å². The molecule has 5 N–H and O–H groups in total. The number of carboxylic acid groups (broad SMARTS) is 1.